The lowest BCUT2D eigenvalue weighted by atomic mass is 9.90. The number of ether oxygens (including phenoxy) is 1. The van der Waals surface area contributed by atoms with Crippen molar-refractivity contribution >= 4 is 51.5 Å². The lowest BCUT2D eigenvalue weighted by Crippen LogP contribution is -2.57. The minimum Gasteiger partial charge on any atom is -0.381 e. The molecule has 1 aliphatic rings. The second-order valence-electron chi connectivity index (χ2n) is 5.49. The van der Waals surface area contributed by atoms with Crippen LogP contribution in [0.1, 0.15) is 17.8 Å². The molecule has 0 atom stereocenters. The highest BCUT2D eigenvalue weighted by Gasteiger charge is 2.35. The number of nitrogens with zero attached hydrogens (tertiary/aromatic N) is 1. The number of benzene rings is 1. The molecule has 1 aromatic carbocycles. The van der Waals surface area contributed by atoms with Gasteiger partial charge in [-0.1, -0.05) is 11.6 Å². The molecule has 0 bridgehead atoms. The quantitative estimate of drug-likeness (QED) is 0.860. The summed E-state index contributed by atoms with van der Waals surface area (Å²) in [4.78, 5) is 16.7. The molecule has 1 aliphatic heterocycles. The predicted octanol–water partition coefficient (Wildman–Crippen LogP) is 2.54. The number of nitrogens with one attached hydrogen (secondary N) is 1. The van der Waals surface area contributed by atoms with Crippen LogP contribution in [0.2, 0.25) is 5.02 Å². The normalized spacial score (nSPS) is 16.8. The fourth-order valence-electron chi connectivity index (χ4n) is 2.48. The molecule has 3 N–H and O–H groups in total. The van der Waals surface area contributed by atoms with E-state index in [9.17, 15) is 4.79 Å². The summed E-state index contributed by atoms with van der Waals surface area (Å²) in [6.45, 7) is 1.62. The topological polar surface area (TPSA) is 77.2 Å². The monoisotopic (exact) mass is 375 g/mol. The molecular weight excluding hydrogens is 357 g/mol. The van der Waals surface area contributed by atoms with Gasteiger partial charge in [0.25, 0.3) is 0 Å². The third kappa shape index (κ3) is 4.33. The molecule has 3 rings (SSSR count). The number of amides is 1. The standard InChI is InChI=1S/C15H18ClN3O2S.ClH/c16-10-1-2-12-11(9-10)19-13(22-12)3-6-18-14(20)15(17)4-7-21-8-5-15;/h1-2,9H,3-8,17H2,(H,18,20);1H. The highest BCUT2D eigenvalue weighted by Crippen LogP contribution is 2.25. The molecule has 1 aromatic heterocycles. The van der Waals surface area contributed by atoms with Crippen LogP contribution in [0.15, 0.2) is 18.2 Å². The van der Waals surface area contributed by atoms with Crippen molar-refractivity contribution in [2.75, 3.05) is 19.8 Å². The first-order chi connectivity index (χ1) is 10.6. The van der Waals surface area contributed by atoms with E-state index in [-0.39, 0.29) is 18.3 Å². The Balaban J connectivity index is 0.00000192. The van der Waals surface area contributed by atoms with Crippen LogP contribution in [-0.4, -0.2) is 36.2 Å². The van der Waals surface area contributed by atoms with E-state index < -0.39 is 5.54 Å². The summed E-state index contributed by atoms with van der Waals surface area (Å²) in [7, 11) is 0. The average molecular weight is 376 g/mol. The van der Waals surface area contributed by atoms with Crippen LogP contribution in [0.25, 0.3) is 10.2 Å². The molecule has 8 heteroatoms. The Labute approximate surface area is 150 Å². The first-order valence-corrected chi connectivity index (χ1v) is 8.46. The predicted molar refractivity (Wildman–Crippen MR) is 95.6 cm³/mol. The molecule has 23 heavy (non-hydrogen) atoms. The molecule has 2 aromatic rings. The van der Waals surface area contributed by atoms with Gasteiger partial charge in [0.15, 0.2) is 0 Å². The number of fused-ring (bicyclic) bond motifs is 1. The van der Waals surface area contributed by atoms with Crippen LogP contribution in [0.3, 0.4) is 0 Å². The Morgan fingerprint density at radius 2 is 2.17 bits per heavy atom. The van der Waals surface area contributed by atoms with E-state index >= 15 is 0 Å². The second kappa shape index (κ2) is 7.77. The molecule has 1 saturated heterocycles. The molecule has 126 valence electrons. The molecule has 1 amide bonds. The zero-order chi connectivity index (χ0) is 15.6. The van der Waals surface area contributed by atoms with Gasteiger partial charge in [0.1, 0.15) is 0 Å². The molecule has 0 radical (unpaired) electrons. The van der Waals surface area contributed by atoms with Crippen molar-refractivity contribution in [2.45, 2.75) is 24.8 Å². The number of aromatic nitrogens is 1. The Morgan fingerprint density at radius 1 is 1.43 bits per heavy atom. The second-order valence-corrected chi connectivity index (χ2v) is 7.05. The van der Waals surface area contributed by atoms with Gasteiger partial charge >= 0.3 is 0 Å². The summed E-state index contributed by atoms with van der Waals surface area (Å²) < 4.78 is 6.36. The van der Waals surface area contributed by atoms with Crippen LogP contribution in [0.5, 0.6) is 0 Å². The molecule has 2 heterocycles. The van der Waals surface area contributed by atoms with Crippen LogP contribution < -0.4 is 11.1 Å². The number of carbonyl (C=O) groups excluding carboxylic acids is 1. The summed E-state index contributed by atoms with van der Waals surface area (Å²) in [5, 5.41) is 4.58. The van der Waals surface area contributed by atoms with E-state index in [1.807, 2.05) is 18.2 Å². The number of halogens is 2. The Kier molecular flexibility index (Phi) is 6.22. The number of hydrogen-bond acceptors (Lipinski definition) is 5. The van der Waals surface area contributed by atoms with Gasteiger partial charge < -0.3 is 15.8 Å². The first-order valence-electron chi connectivity index (χ1n) is 7.27. The maximum Gasteiger partial charge on any atom is 0.240 e. The van der Waals surface area contributed by atoms with Crippen molar-refractivity contribution in [3.8, 4) is 0 Å². The van der Waals surface area contributed by atoms with Crippen molar-refractivity contribution in [1.29, 1.82) is 0 Å². The minimum absolute atomic E-state index is 0. The van der Waals surface area contributed by atoms with E-state index in [2.05, 4.69) is 10.3 Å². The summed E-state index contributed by atoms with van der Waals surface area (Å²) in [6, 6.07) is 5.68. The van der Waals surface area contributed by atoms with Crippen LogP contribution in [0, 0.1) is 0 Å². The molecule has 0 unspecified atom stereocenters. The highest BCUT2D eigenvalue weighted by molar-refractivity contribution is 7.18. The van der Waals surface area contributed by atoms with Crippen molar-refractivity contribution in [2.24, 2.45) is 5.73 Å². The highest BCUT2D eigenvalue weighted by atomic mass is 35.5. The maximum absolute atomic E-state index is 12.2. The lowest BCUT2D eigenvalue weighted by Gasteiger charge is -2.31. The summed E-state index contributed by atoms with van der Waals surface area (Å²) in [5.74, 6) is -0.0973. The first kappa shape index (κ1) is 18.4. The fourth-order valence-corrected chi connectivity index (χ4v) is 3.59. The van der Waals surface area contributed by atoms with Crippen LogP contribution in [0.4, 0.5) is 0 Å². The van der Waals surface area contributed by atoms with Gasteiger partial charge in [-0.25, -0.2) is 4.98 Å². The number of nitrogens with two attached hydrogens (primary N) is 1. The molecule has 0 aliphatic carbocycles. The molecule has 5 nitrogen and oxygen atoms in total. The molecule has 1 fully saturated rings. The maximum atomic E-state index is 12.2. The summed E-state index contributed by atoms with van der Waals surface area (Å²) >= 11 is 7.58. The van der Waals surface area contributed by atoms with Gasteiger partial charge in [-0.05, 0) is 31.0 Å². The van der Waals surface area contributed by atoms with E-state index in [1.165, 1.54) is 0 Å². The van der Waals surface area contributed by atoms with Crippen LogP contribution >= 0.6 is 35.3 Å². The number of rotatable bonds is 4. The SMILES string of the molecule is Cl.NC1(C(=O)NCCc2nc3cc(Cl)ccc3s2)CCOCC1. The van der Waals surface area contributed by atoms with Gasteiger partial charge in [-0.15, -0.1) is 23.7 Å². The molecule has 0 saturated carbocycles. The smallest absolute Gasteiger partial charge is 0.240 e. The van der Waals surface area contributed by atoms with Crippen LogP contribution in [-0.2, 0) is 16.0 Å². The zero-order valence-corrected chi connectivity index (χ0v) is 14.9. The lowest BCUT2D eigenvalue weighted by molar-refractivity contribution is -0.129. The van der Waals surface area contributed by atoms with Crippen molar-refractivity contribution < 1.29 is 9.53 Å². The Hall–Kier alpha value is -0.920. The molecule has 0 spiro atoms. The Morgan fingerprint density at radius 3 is 2.91 bits per heavy atom. The van der Waals surface area contributed by atoms with Gasteiger partial charge in [0.2, 0.25) is 5.91 Å². The van der Waals surface area contributed by atoms with E-state index in [4.69, 9.17) is 22.1 Å². The third-order valence-corrected chi connectivity index (χ3v) is 5.19. The van der Waals surface area contributed by atoms with Crippen molar-refractivity contribution in [3.63, 3.8) is 0 Å². The number of carbonyl (C=O) groups is 1. The van der Waals surface area contributed by atoms with Gasteiger partial charge in [-0.3, -0.25) is 4.79 Å². The van der Waals surface area contributed by atoms with Gasteiger partial charge in [0.05, 0.1) is 20.8 Å². The summed E-state index contributed by atoms with van der Waals surface area (Å²) in [6.07, 6.45) is 1.83. The van der Waals surface area contributed by atoms with E-state index in [1.54, 1.807) is 11.3 Å². The minimum atomic E-state index is -0.792. The summed E-state index contributed by atoms with van der Waals surface area (Å²) in [5.41, 5.74) is 6.25. The van der Waals surface area contributed by atoms with E-state index in [0.29, 0.717) is 44.0 Å². The van der Waals surface area contributed by atoms with E-state index in [0.717, 1.165) is 15.2 Å². The Bertz CT molecular complexity index is 686. The van der Waals surface area contributed by atoms with Gasteiger partial charge in [-0.2, -0.15) is 0 Å². The van der Waals surface area contributed by atoms with Crippen molar-refractivity contribution in [3.05, 3.63) is 28.2 Å². The number of thiazole rings is 1. The van der Waals surface area contributed by atoms with Crippen molar-refractivity contribution in [1.82, 2.24) is 10.3 Å². The number of hydrogen-bond donors (Lipinski definition) is 2. The largest absolute Gasteiger partial charge is 0.381 e. The zero-order valence-electron chi connectivity index (χ0n) is 12.5. The fraction of sp³-hybridized carbons (Fsp3) is 0.467. The van der Waals surface area contributed by atoms with Gasteiger partial charge in [0, 0.05) is 31.2 Å². The third-order valence-electron chi connectivity index (χ3n) is 3.86. The molecular formula is C15H19Cl2N3O2S. The average Bonchev–Trinajstić information content (AvgIpc) is 2.89.